The predicted molar refractivity (Wildman–Crippen MR) is 141 cm³/mol. The molecule has 5 rings (SSSR count). The smallest absolute Gasteiger partial charge is 0.188 e. The maximum atomic E-state index is 14.0. The second kappa shape index (κ2) is 9.58. The van der Waals surface area contributed by atoms with Crippen molar-refractivity contribution >= 4 is 49.8 Å². The van der Waals surface area contributed by atoms with Gasteiger partial charge in [0.2, 0.25) is 0 Å². The lowest BCUT2D eigenvalue weighted by molar-refractivity contribution is 0.600. The molecule has 1 aromatic heterocycles. The second-order valence-electron chi connectivity index (χ2n) is 7.67. The SMILES string of the molecule is O=S(=O)(CC1=NCCS1)c1c(-c2ccc(Cl)cc2)nn(-c2ccccc2)c1-c1ccc(Cl)cc1. The van der Waals surface area contributed by atoms with Gasteiger partial charge >= 0.3 is 0 Å². The van der Waals surface area contributed by atoms with E-state index in [1.807, 2.05) is 42.5 Å². The summed E-state index contributed by atoms with van der Waals surface area (Å²) in [5, 5.41) is 6.58. The molecule has 1 aliphatic heterocycles. The molecule has 34 heavy (non-hydrogen) atoms. The van der Waals surface area contributed by atoms with Gasteiger partial charge in [-0.2, -0.15) is 5.10 Å². The number of nitrogens with zero attached hydrogens (tertiary/aromatic N) is 3. The van der Waals surface area contributed by atoms with Crippen molar-refractivity contribution in [2.45, 2.75) is 4.90 Å². The highest BCUT2D eigenvalue weighted by atomic mass is 35.5. The minimum absolute atomic E-state index is 0.163. The molecular weight excluding hydrogens is 509 g/mol. The van der Waals surface area contributed by atoms with E-state index in [-0.39, 0.29) is 10.6 Å². The van der Waals surface area contributed by atoms with Gasteiger partial charge in [0.15, 0.2) is 9.84 Å². The number of benzene rings is 3. The molecule has 0 saturated carbocycles. The van der Waals surface area contributed by atoms with E-state index in [2.05, 4.69) is 4.99 Å². The Kier molecular flexibility index (Phi) is 6.53. The lowest BCUT2D eigenvalue weighted by atomic mass is 10.1. The molecule has 0 fully saturated rings. The monoisotopic (exact) mass is 527 g/mol. The molecular formula is C25H19Cl2N3O2S2. The summed E-state index contributed by atoms with van der Waals surface area (Å²) in [6.07, 6.45) is 0. The molecule has 0 unspecified atom stereocenters. The zero-order valence-electron chi connectivity index (χ0n) is 17.9. The second-order valence-corrected chi connectivity index (χ2v) is 11.6. The molecule has 2 heterocycles. The number of thioether (sulfide) groups is 1. The average Bonchev–Trinajstić information content (AvgIpc) is 3.49. The number of aromatic nitrogens is 2. The van der Waals surface area contributed by atoms with Crippen molar-refractivity contribution in [2.75, 3.05) is 18.1 Å². The first-order valence-electron chi connectivity index (χ1n) is 10.5. The van der Waals surface area contributed by atoms with Crippen LogP contribution >= 0.6 is 35.0 Å². The molecule has 0 bridgehead atoms. The molecule has 0 amide bonds. The van der Waals surface area contributed by atoms with Crippen LogP contribution in [0.3, 0.4) is 0 Å². The van der Waals surface area contributed by atoms with Crippen LogP contribution in [0.2, 0.25) is 10.0 Å². The number of halogens is 2. The Hall–Kier alpha value is -2.58. The first-order chi connectivity index (χ1) is 16.4. The van der Waals surface area contributed by atoms with Crippen LogP contribution in [0.4, 0.5) is 0 Å². The topological polar surface area (TPSA) is 64.3 Å². The standard InChI is InChI=1S/C25H19Cl2N3O2S2/c26-19-10-6-17(7-11-19)23-25(34(31,32)16-22-28-14-15-33-22)24(18-8-12-20(27)13-9-18)30(29-23)21-4-2-1-3-5-21/h1-13H,14-16H2. The number of sulfone groups is 1. The van der Waals surface area contributed by atoms with Crippen molar-refractivity contribution in [3.8, 4) is 28.2 Å². The molecule has 3 aromatic carbocycles. The summed E-state index contributed by atoms with van der Waals surface area (Å²) in [6, 6.07) is 23.6. The minimum Gasteiger partial charge on any atom is -0.281 e. The van der Waals surface area contributed by atoms with E-state index in [4.69, 9.17) is 28.3 Å². The van der Waals surface area contributed by atoms with Crippen molar-refractivity contribution in [1.29, 1.82) is 0 Å². The van der Waals surface area contributed by atoms with Gasteiger partial charge in [-0.05, 0) is 36.4 Å². The van der Waals surface area contributed by atoms with Gasteiger partial charge < -0.3 is 0 Å². The zero-order chi connectivity index (χ0) is 23.7. The normalized spacial score (nSPS) is 13.8. The molecule has 0 atom stereocenters. The molecule has 0 radical (unpaired) electrons. The summed E-state index contributed by atoms with van der Waals surface area (Å²) in [5.74, 6) is 0.627. The maximum Gasteiger partial charge on any atom is 0.188 e. The van der Waals surface area contributed by atoms with Gasteiger partial charge in [0.1, 0.15) is 16.3 Å². The summed E-state index contributed by atoms with van der Waals surface area (Å²) in [4.78, 5) is 4.54. The molecule has 0 saturated heterocycles. The fraction of sp³-hybridized carbons (Fsp3) is 0.120. The van der Waals surface area contributed by atoms with Crippen LogP contribution in [0.5, 0.6) is 0 Å². The van der Waals surface area contributed by atoms with Gasteiger partial charge in [-0.1, -0.05) is 65.7 Å². The van der Waals surface area contributed by atoms with Gasteiger partial charge in [0.05, 0.1) is 16.4 Å². The van der Waals surface area contributed by atoms with E-state index in [1.165, 1.54) is 11.8 Å². The fourth-order valence-electron chi connectivity index (χ4n) is 3.81. The lowest BCUT2D eigenvalue weighted by Gasteiger charge is -2.11. The van der Waals surface area contributed by atoms with Gasteiger partial charge in [0.25, 0.3) is 0 Å². The highest BCUT2D eigenvalue weighted by molar-refractivity contribution is 8.15. The Morgan fingerprint density at radius 3 is 2.06 bits per heavy atom. The van der Waals surface area contributed by atoms with E-state index in [1.54, 1.807) is 41.1 Å². The Balaban J connectivity index is 1.82. The molecule has 1 aliphatic rings. The Morgan fingerprint density at radius 1 is 0.853 bits per heavy atom. The summed E-state index contributed by atoms with van der Waals surface area (Å²) >= 11 is 13.7. The molecule has 4 aromatic rings. The Labute approximate surface area is 212 Å². The van der Waals surface area contributed by atoms with Crippen molar-refractivity contribution < 1.29 is 8.42 Å². The largest absolute Gasteiger partial charge is 0.281 e. The third kappa shape index (κ3) is 4.66. The highest BCUT2D eigenvalue weighted by Gasteiger charge is 2.32. The molecule has 0 N–H and O–H groups in total. The maximum absolute atomic E-state index is 14.0. The van der Waals surface area contributed by atoms with Crippen LogP contribution in [0.25, 0.3) is 28.2 Å². The summed E-state index contributed by atoms with van der Waals surface area (Å²) in [7, 11) is -3.81. The van der Waals surface area contributed by atoms with Crippen LogP contribution < -0.4 is 0 Å². The van der Waals surface area contributed by atoms with Gasteiger partial charge in [-0.25, -0.2) is 13.1 Å². The predicted octanol–water partition coefficient (Wildman–Crippen LogP) is 6.43. The van der Waals surface area contributed by atoms with Crippen LogP contribution in [0.1, 0.15) is 0 Å². The van der Waals surface area contributed by atoms with E-state index in [0.717, 1.165) is 11.4 Å². The van der Waals surface area contributed by atoms with Gasteiger partial charge in [0, 0.05) is 33.5 Å². The molecule has 5 nitrogen and oxygen atoms in total. The molecule has 0 aliphatic carbocycles. The third-order valence-electron chi connectivity index (χ3n) is 5.35. The zero-order valence-corrected chi connectivity index (χ0v) is 21.0. The molecule has 172 valence electrons. The fourth-order valence-corrected chi connectivity index (χ4v) is 6.98. The first-order valence-corrected chi connectivity index (χ1v) is 13.9. The summed E-state index contributed by atoms with van der Waals surface area (Å²) < 4.78 is 29.6. The average molecular weight is 528 g/mol. The summed E-state index contributed by atoms with van der Waals surface area (Å²) in [5.41, 5.74) is 2.96. The highest BCUT2D eigenvalue weighted by Crippen LogP contribution is 2.39. The number of hydrogen-bond donors (Lipinski definition) is 0. The van der Waals surface area contributed by atoms with Crippen LogP contribution in [0, 0.1) is 0 Å². The minimum atomic E-state index is -3.81. The van der Waals surface area contributed by atoms with E-state index >= 15 is 0 Å². The van der Waals surface area contributed by atoms with Crippen LogP contribution in [0.15, 0.2) is 88.8 Å². The number of aliphatic imine (C=N–C) groups is 1. The number of rotatable bonds is 6. The first kappa shape index (κ1) is 23.2. The van der Waals surface area contributed by atoms with Crippen molar-refractivity contribution in [1.82, 2.24) is 9.78 Å². The molecule has 9 heteroatoms. The molecule has 0 spiro atoms. The van der Waals surface area contributed by atoms with Crippen molar-refractivity contribution in [3.63, 3.8) is 0 Å². The van der Waals surface area contributed by atoms with Gasteiger partial charge in [-0.15, -0.1) is 11.8 Å². The van der Waals surface area contributed by atoms with E-state index in [9.17, 15) is 8.42 Å². The van der Waals surface area contributed by atoms with Crippen LogP contribution in [-0.4, -0.2) is 41.3 Å². The van der Waals surface area contributed by atoms with Crippen molar-refractivity contribution in [2.24, 2.45) is 4.99 Å². The van der Waals surface area contributed by atoms with E-state index < -0.39 is 9.84 Å². The number of para-hydroxylation sites is 1. The number of hydrogen-bond acceptors (Lipinski definition) is 5. The van der Waals surface area contributed by atoms with Gasteiger partial charge in [-0.3, -0.25) is 4.99 Å². The third-order valence-corrected chi connectivity index (χ3v) is 8.69. The van der Waals surface area contributed by atoms with E-state index in [0.29, 0.717) is 44.1 Å². The Morgan fingerprint density at radius 2 is 1.47 bits per heavy atom. The summed E-state index contributed by atoms with van der Waals surface area (Å²) in [6.45, 7) is 0.632. The quantitative estimate of drug-likeness (QED) is 0.289. The van der Waals surface area contributed by atoms with Crippen molar-refractivity contribution in [3.05, 3.63) is 88.9 Å². The lowest BCUT2D eigenvalue weighted by Crippen LogP contribution is -2.14. The Bertz CT molecular complexity index is 1470. The van der Waals surface area contributed by atoms with Crippen LogP contribution in [-0.2, 0) is 9.84 Å².